The molecular formula is C13H14N4O3. The predicted octanol–water partition coefficient (Wildman–Crippen LogP) is 1.23. The lowest BCUT2D eigenvalue weighted by atomic mass is 10.2. The molecule has 0 spiro atoms. The van der Waals surface area contributed by atoms with Gasteiger partial charge in [-0.2, -0.15) is 0 Å². The molecule has 7 heteroatoms. The summed E-state index contributed by atoms with van der Waals surface area (Å²) in [5.74, 6) is 0.930. The molecule has 2 N–H and O–H groups in total. The second kappa shape index (κ2) is 5.87. The van der Waals surface area contributed by atoms with Crippen LogP contribution in [0.3, 0.4) is 0 Å². The van der Waals surface area contributed by atoms with E-state index in [9.17, 15) is 4.79 Å². The Balaban J connectivity index is 2.19. The second-order valence-corrected chi connectivity index (χ2v) is 3.85. The van der Waals surface area contributed by atoms with Crippen molar-refractivity contribution in [3.05, 3.63) is 36.2 Å². The second-order valence-electron chi connectivity index (χ2n) is 3.85. The van der Waals surface area contributed by atoms with Crippen LogP contribution in [0.4, 0.5) is 5.95 Å². The van der Waals surface area contributed by atoms with Crippen molar-refractivity contribution >= 4 is 17.9 Å². The van der Waals surface area contributed by atoms with Crippen LogP contribution in [0.1, 0.15) is 10.4 Å². The number of anilines is 1. The van der Waals surface area contributed by atoms with Crippen molar-refractivity contribution in [3.8, 4) is 11.5 Å². The first-order valence-electron chi connectivity index (χ1n) is 5.75. The summed E-state index contributed by atoms with van der Waals surface area (Å²) in [7, 11) is 3.11. The Hall–Kier alpha value is -2.83. The van der Waals surface area contributed by atoms with Gasteiger partial charge in [0.05, 0.1) is 14.2 Å². The molecule has 0 atom stereocenters. The predicted molar refractivity (Wildman–Crippen MR) is 73.6 cm³/mol. The van der Waals surface area contributed by atoms with Crippen LogP contribution >= 0.6 is 0 Å². The van der Waals surface area contributed by atoms with Crippen molar-refractivity contribution in [1.29, 1.82) is 0 Å². The fraction of sp³-hybridized carbons (Fsp3) is 0.154. The van der Waals surface area contributed by atoms with Crippen molar-refractivity contribution in [2.75, 3.05) is 20.0 Å². The van der Waals surface area contributed by atoms with Gasteiger partial charge >= 0.3 is 0 Å². The van der Waals surface area contributed by atoms with E-state index in [4.69, 9.17) is 15.2 Å². The average molecular weight is 274 g/mol. The summed E-state index contributed by atoms with van der Waals surface area (Å²) in [6, 6.07) is 5.33. The SMILES string of the molecule is COc1ccc(/C=C/C(=O)n2cnnc2N)cc1OC. The summed E-state index contributed by atoms with van der Waals surface area (Å²) in [6.45, 7) is 0. The first-order chi connectivity index (χ1) is 9.65. The van der Waals surface area contributed by atoms with E-state index in [0.29, 0.717) is 11.5 Å². The minimum Gasteiger partial charge on any atom is -0.493 e. The zero-order valence-corrected chi connectivity index (χ0v) is 11.1. The van der Waals surface area contributed by atoms with Crippen molar-refractivity contribution in [2.24, 2.45) is 0 Å². The molecule has 0 fully saturated rings. The van der Waals surface area contributed by atoms with Crippen molar-refractivity contribution in [2.45, 2.75) is 0 Å². The van der Waals surface area contributed by atoms with Crippen LogP contribution < -0.4 is 15.2 Å². The Morgan fingerprint density at radius 1 is 1.30 bits per heavy atom. The number of allylic oxidation sites excluding steroid dienone is 1. The van der Waals surface area contributed by atoms with Gasteiger partial charge in [-0.25, -0.2) is 4.57 Å². The fourth-order valence-corrected chi connectivity index (χ4v) is 1.62. The first kappa shape index (κ1) is 13.6. The number of benzene rings is 1. The third-order valence-electron chi connectivity index (χ3n) is 2.64. The molecule has 0 aliphatic rings. The highest BCUT2D eigenvalue weighted by Crippen LogP contribution is 2.27. The first-order valence-corrected chi connectivity index (χ1v) is 5.75. The lowest BCUT2D eigenvalue weighted by Crippen LogP contribution is -2.09. The Kier molecular flexibility index (Phi) is 3.99. The molecule has 20 heavy (non-hydrogen) atoms. The molecule has 0 saturated heterocycles. The van der Waals surface area contributed by atoms with E-state index < -0.39 is 0 Å². The Morgan fingerprint density at radius 2 is 2.05 bits per heavy atom. The topological polar surface area (TPSA) is 92.3 Å². The zero-order chi connectivity index (χ0) is 14.5. The third-order valence-corrected chi connectivity index (χ3v) is 2.64. The molecule has 1 aromatic heterocycles. The lowest BCUT2D eigenvalue weighted by molar-refractivity contribution is 0.0972. The molecule has 0 amide bonds. The maximum absolute atomic E-state index is 11.8. The van der Waals surface area contributed by atoms with Crippen LogP contribution in [-0.2, 0) is 0 Å². The van der Waals surface area contributed by atoms with E-state index in [2.05, 4.69) is 10.2 Å². The number of ether oxygens (including phenoxy) is 2. The number of nitrogen functional groups attached to an aromatic ring is 1. The standard InChI is InChI=1S/C13H14N4O3/c1-19-10-5-3-9(7-11(10)20-2)4-6-12(18)17-8-15-16-13(17)14/h3-8H,1-2H3,(H2,14,16)/b6-4+. The van der Waals surface area contributed by atoms with E-state index in [1.54, 1.807) is 38.5 Å². The third kappa shape index (κ3) is 2.77. The van der Waals surface area contributed by atoms with Gasteiger partial charge in [-0.05, 0) is 23.8 Å². The number of aromatic nitrogens is 3. The van der Waals surface area contributed by atoms with Gasteiger partial charge in [-0.15, -0.1) is 10.2 Å². The highest BCUT2D eigenvalue weighted by molar-refractivity contribution is 5.95. The molecule has 1 heterocycles. The Morgan fingerprint density at radius 3 is 2.65 bits per heavy atom. The smallest absolute Gasteiger partial charge is 0.258 e. The normalized spacial score (nSPS) is 10.7. The van der Waals surface area contributed by atoms with Crippen LogP contribution in [-0.4, -0.2) is 34.9 Å². The summed E-state index contributed by atoms with van der Waals surface area (Å²) in [5.41, 5.74) is 6.29. The highest BCUT2D eigenvalue weighted by atomic mass is 16.5. The van der Waals surface area contributed by atoms with Gasteiger partial charge < -0.3 is 15.2 Å². The number of nitrogens with two attached hydrogens (primary N) is 1. The van der Waals surface area contributed by atoms with Crippen LogP contribution in [0.25, 0.3) is 6.08 Å². The van der Waals surface area contributed by atoms with Gasteiger partial charge in [0.2, 0.25) is 5.95 Å². The number of nitrogens with zero attached hydrogens (tertiary/aromatic N) is 3. The summed E-state index contributed by atoms with van der Waals surface area (Å²) in [4.78, 5) is 11.8. The largest absolute Gasteiger partial charge is 0.493 e. The molecule has 7 nitrogen and oxygen atoms in total. The molecule has 1 aromatic carbocycles. The van der Waals surface area contributed by atoms with Gasteiger partial charge in [-0.3, -0.25) is 4.79 Å². The van der Waals surface area contributed by atoms with Crippen LogP contribution in [0.15, 0.2) is 30.6 Å². The summed E-state index contributed by atoms with van der Waals surface area (Å²) >= 11 is 0. The molecule has 0 aliphatic carbocycles. The molecular weight excluding hydrogens is 260 g/mol. The molecule has 0 aliphatic heterocycles. The quantitative estimate of drug-likeness (QED) is 0.843. The number of methoxy groups -OCH3 is 2. The maximum atomic E-state index is 11.8. The van der Waals surface area contributed by atoms with E-state index in [1.807, 2.05) is 0 Å². The molecule has 0 unspecified atom stereocenters. The van der Waals surface area contributed by atoms with Gasteiger partial charge in [0.25, 0.3) is 5.91 Å². The lowest BCUT2D eigenvalue weighted by Gasteiger charge is -2.07. The molecule has 2 aromatic rings. The number of carbonyl (C=O) groups excluding carboxylic acids is 1. The van der Waals surface area contributed by atoms with E-state index >= 15 is 0 Å². The van der Waals surface area contributed by atoms with Crippen molar-refractivity contribution in [1.82, 2.24) is 14.8 Å². The van der Waals surface area contributed by atoms with E-state index in [0.717, 1.165) is 10.1 Å². The molecule has 0 saturated carbocycles. The molecule has 0 radical (unpaired) electrons. The summed E-state index contributed by atoms with van der Waals surface area (Å²) < 4.78 is 11.5. The van der Waals surface area contributed by atoms with Crippen LogP contribution in [0, 0.1) is 0 Å². The average Bonchev–Trinajstić information content (AvgIpc) is 2.90. The number of hydrogen-bond donors (Lipinski definition) is 1. The van der Waals surface area contributed by atoms with Crippen molar-refractivity contribution < 1.29 is 14.3 Å². The van der Waals surface area contributed by atoms with E-state index in [-0.39, 0.29) is 11.9 Å². The fourth-order valence-electron chi connectivity index (χ4n) is 1.62. The number of hydrogen-bond acceptors (Lipinski definition) is 6. The van der Waals surface area contributed by atoms with E-state index in [1.165, 1.54) is 12.4 Å². The Labute approximate surface area is 115 Å². The zero-order valence-electron chi connectivity index (χ0n) is 11.1. The summed E-state index contributed by atoms with van der Waals surface area (Å²) in [5, 5.41) is 7.09. The van der Waals surface area contributed by atoms with Crippen LogP contribution in [0.2, 0.25) is 0 Å². The van der Waals surface area contributed by atoms with Gasteiger partial charge in [0.15, 0.2) is 11.5 Å². The minimum absolute atomic E-state index is 0.0481. The number of carbonyl (C=O) groups is 1. The monoisotopic (exact) mass is 274 g/mol. The molecule has 0 bridgehead atoms. The van der Waals surface area contributed by atoms with Gasteiger partial charge in [-0.1, -0.05) is 6.07 Å². The maximum Gasteiger partial charge on any atom is 0.258 e. The summed E-state index contributed by atoms with van der Waals surface area (Å²) in [6.07, 6.45) is 4.28. The Bertz CT molecular complexity index is 649. The molecule has 2 rings (SSSR count). The minimum atomic E-state index is -0.331. The van der Waals surface area contributed by atoms with Gasteiger partial charge in [0.1, 0.15) is 6.33 Å². The number of rotatable bonds is 4. The highest BCUT2D eigenvalue weighted by Gasteiger charge is 2.06. The van der Waals surface area contributed by atoms with Crippen LogP contribution in [0.5, 0.6) is 11.5 Å². The van der Waals surface area contributed by atoms with Crippen molar-refractivity contribution in [3.63, 3.8) is 0 Å². The van der Waals surface area contributed by atoms with Gasteiger partial charge in [0, 0.05) is 6.08 Å². The molecule has 104 valence electrons.